The lowest BCUT2D eigenvalue weighted by Gasteiger charge is -2.07. The standard InChI is InChI=1S/C29H46N2O/c1-4-5-6-7-8-12-15-22-32-28-23-30-29(31-24-28)27-20-18-26(19-21-27)17-14-11-9-10-13-16-25(2)3/h18-21,23-25H,4-17,22H2,1-3H3. The van der Waals surface area contributed by atoms with Gasteiger partial charge in [0, 0.05) is 5.56 Å². The number of nitrogens with zero attached hydrogens (tertiary/aromatic N) is 2. The molecule has 3 heteroatoms. The van der Waals surface area contributed by atoms with E-state index in [1.807, 2.05) is 0 Å². The topological polar surface area (TPSA) is 35.0 Å². The molecule has 0 fully saturated rings. The van der Waals surface area contributed by atoms with Crippen molar-refractivity contribution >= 4 is 0 Å². The Hall–Kier alpha value is -1.90. The molecule has 0 N–H and O–H groups in total. The summed E-state index contributed by atoms with van der Waals surface area (Å²) in [7, 11) is 0. The number of ether oxygens (including phenoxy) is 1. The summed E-state index contributed by atoms with van der Waals surface area (Å²) >= 11 is 0. The molecule has 3 nitrogen and oxygen atoms in total. The van der Waals surface area contributed by atoms with Gasteiger partial charge in [0.1, 0.15) is 0 Å². The quantitative estimate of drug-likeness (QED) is 0.218. The number of aryl methyl sites for hydroxylation is 1. The molecule has 1 heterocycles. The Morgan fingerprint density at radius 1 is 0.719 bits per heavy atom. The van der Waals surface area contributed by atoms with Gasteiger partial charge in [-0.05, 0) is 30.7 Å². The SMILES string of the molecule is CCCCCCCCCOc1cnc(-c2ccc(CCCCCCCC(C)C)cc2)nc1. The molecule has 0 unspecified atom stereocenters. The molecule has 0 radical (unpaired) electrons. The van der Waals surface area contributed by atoms with Gasteiger partial charge in [-0.25, -0.2) is 9.97 Å². The molecule has 2 rings (SSSR count). The van der Waals surface area contributed by atoms with Crippen molar-refractivity contribution in [2.75, 3.05) is 6.61 Å². The van der Waals surface area contributed by atoms with E-state index in [9.17, 15) is 0 Å². The average Bonchev–Trinajstić information content (AvgIpc) is 2.81. The minimum Gasteiger partial charge on any atom is -0.490 e. The zero-order valence-corrected chi connectivity index (χ0v) is 21.0. The summed E-state index contributed by atoms with van der Waals surface area (Å²) < 4.78 is 5.81. The van der Waals surface area contributed by atoms with E-state index in [0.717, 1.165) is 42.5 Å². The second-order valence-electron chi connectivity index (χ2n) is 9.61. The van der Waals surface area contributed by atoms with Crippen LogP contribution >= 0.6 is 0 Å². The maximum atomic E-state index is 5.81. The third-order valence-corrected chi connectivity index (χ3v) is 6.10. The molecule has 1 aromatic heterocycles. The van der Waals surface area contributed by atoms with E-state index in [1.54, 1.807) is 12.4 Å². The van der Waals surface area contributed by atoms with E-state index < -0.39 is 0 Å². The zero-order chi connectivity index (χ0) is 22.9. The number of aromatic nitrogens is 2. The zero-order valence-electron chi connectivity index (χ0n) is 21.0. The highest BCUT2D eigenvalue weighted by molar-refractivity contribution is 5.55. The van der Waals surface area contributed by atoms with Crippen LogP contribution in [-0.2, 0) is 6.42 Å². The van der Waals surface area contributed by atoms with Crippen molar-refractivity contribution in [1.29, 1.82) is 0 Å². The lowest BCUT2D eigenvalue weighted by molar-refractivity contribution is 0.302. The van der Waals surface area contributed by atoms with Crippen LogP contribution in [0.25, 0.3) is 11.4 Å². The van der Waals surface area contributed by atoms with Crippen molar-refractivity contribution in [2.24, 2.45) is 5.92 Å². The highest BCUT2D eigenvalue weighted by Crippen LogP contribution is 2.19. The number of hydrogen-bond acceptors (Lipinski definition) is 3. The Bertz CT molecular complexity index is 694. The van der Waals surface area contributed by atoms with Crippen LogP contribution in [0, 0.1) is 5.92 Å². The van der Waals surface area contributed by atoms with Gasteiger partial charge in [-0.3, -0.25) is 0 Å². The summed E-state index contributed by atoms with van der Waals surface area (Å²) in [5, 5.41) is 0. The van der Waals surface area contributed by atoms with E-state index in [2.05, 4.69) is 55.0 Å². The van der Waals surface area contributed by atoms with Gasteiger partial charge in [-0.15, -0.1) is 0 Å². The molecule has 0 aliphatic heterocycles. The first-order valence-corrected chi connectivity index (χ1v) is 13.2. The van der Waals surface area contributed by atoms with Crippen molar-refractivity contribution in [2.45, 2.75) is 111 Å². The third-order valence-electron chi connectivity index (χ3n) is 6.10. The average molecular weight is 439 g/mol. The van der Waals surface area contributed by atoms with Crippen LogP contribution in [0.1, 0.15) is 110 Å². The van der Waals surface area contributed by atoms with E-state index in [0.29, 0.717) is 0 Å². The lowest BCUT2D eigenvalue weighted by atomic mass is 10.0. The second kappa shape index (κ2) is 16.7. The van der Waals surface area contributed by atoms with Crippen LogP contribution in [0.3, 0.4) is 0 Å². The summed E-state index contributed by atoms with van der Waals surface area (Å²) in [6.07, 6.45) is 21.9. The molecule has 2 aromatic rings. The fraction of sp³-hybridized carbons (Fsp3) is 0.655. The summed E-state index contributed by atoms with van der Waals surface area (Å²) in [4.78, 5) is 9.02. The number of hydrogen-bond donors (Lipinski definition) is 0. The van der Waals surface area contributed by atoms with Gasteiger partial charge in [0.05, 0.1) is 19.0 Å². The Labute approximate surface area is 197 Å². The smallest absolute Gasteiger partial charge is 0.159 e. The molecule has 0 spiro atoms. The first-order valence-electron chi connectivity index (χ1n) is 13.2. The molecule has 0 atom stereocenters. The van der Waals surface area contributed by atoms with Crippen molar-refractivity contribution in [3.8, 4) is 17.1 Å². The van der Waals surface area contributed by atoms with Crippen LogP contribution < -0.4 is 4.74 Å². The highest BCUT2D eigenvalue weighted by atomic mass is 16.5. The minimum absolute atomic E-state index is 0.753. The molecule has 32 heavy (non-hydrogen) atoms. The van der Waals surface area contributed by atoms with E-state index >= 15 is 0 Å². The van der Waals surface area contributed by atoms with Gasteiger partial charge in [-0.1, -0.05) is 116 Å². The Morgan fingerprint density at radius 2 is 1.31 bits per heavy atom. The van der Waals surface area contributed by atoms with E-state index in [1.165, 1.54) is 82.6 Å². The molecular formula is C29H46N2O. The molecular weight excluding hydrogens is 392 g/mol. The van der Waals surface area contributed by atoms with Crippen molar-refractivity contribution in [3.63, 3.8) is 0 Å². The van der Waals surface area contributed by atoms with Crippen molar-refractivity contribution in [3.05, 3.63) is 42.2 Å². The Morgan fingerprint density at radius 3 is 1.97 bits per heavy atom. The summed E-state index contributed by atoms with van der Waals surface area (Å²) in [6.45, 7) is 7.64. The molecule has 178 valence electrons. The van der Waals surface area contributed by atoms with Crippen LogP contribution in [0.15, 0.2) is 36.7 Å². The predicted molar refractivity (Wildman–Crippen MR) is 137 cm³/mol. The predicted octanol–water partition coefficient (Wildman–Crippen LogP) is 8.81. The maximum absolute atomic E-state index is 5.81. The molecule has 0 saturated carbocycles. The summed E-state index contributed by atoms with van der Waals surface area (Å²) in [5.41, 5.74) is 2.48. The fourth-order valence-corrected chi connectivity index (χ4v) is 4.02. The van der Waals surface area contributed by atoms with Crippen LogP contribution in [0.5, 0.6) is 5.75 Å². The first kappa shape index (κ1) is 26.4. The van der Waals surface area contributed by atoms with Gasteiger partial charge in [-0.2, -0.15) is 0 Å². The van der Waals surface area contributed by atoms with Crippen molar-refractivity contribution < 1.29 is 4.74 Å². The fourth-order valence-electron chi connectivity index (χ4n) is 4.02. The number of unbranched alkanes of at least 4 members (excludes halogenated alkanes) is 10. The second-order valence-corrected chi connectivity index (χ2v) is 9.61. The van der Waals surface area contributed by atoms with Gasteiger partial charge in [0.25, 0.3) is 0 Å². The van der Waals surface area contributed by atoms with Crippen LogP contribution in [0.4, 0.5) is 0 Å². The maximum Gasteiger partial charge on any atom is 0.159 e. The lowest BCUT2D eigenvalue weighted by Crippen LogP contribution is -1.99. The van der Waals surface area contributed by atoms with Gasteiger partial charge < -0.3 is 4.74 Å². The molecule has 0 bridgehead atoms. The number of benzene rings is 1. The van der Waals surface area contributed by atoms with E-state index in [-0.39, 0.29) is 0 Å². The van der Waals surface area contributed by atoms with Crippen molar-refractivity contribution in [1.82, 2.24) is 9.97 Å². The van der Waals surface area contributed by atoms with Crippen LogP contribution in [-0.4, -0.2) is 16.6 Å². The summed E-state index contributed by atoms with van der Waals surface area (Å²) in [5.74, 6) is 2.38. The van der Waals surface area contributed by atoms with Gasteiger partial charge >= 0.3 is 0 Å². The Kier molecular flexibility index (Phi) is 13.7. The monoisotopic (exact) mass is 438 g/mol. The Balaban J connectivity index is 1.62. The normalized spacial score (nSPS) is 11.2. The number of rotatable bonds is 18. The molecule has 1 aromatic carbocycles. The molecule has 0 aliphatic rings. The molecule has 0 aliphatic carbocycles. The van der Waals surface area contributed by atoms with Crippen LogP contribution in [0.2, 0.25) is 0 Å². The highest BCUT2D eigenvalue weighted by Gasteiger charge is 2.03. The molecule has 0 amide bonds. The summed E-state index contributed by atoms with van der Waals surface area (Å²) in [6, 6.07) is 8.74. The third kappa shape index (κ3) is 11.6. The first-order chi connectivity index (χ1) is 15.7. The van der Waals surface area contributed by atoms with Gasteiger partial charge in [0.15, 0.2) is 11.6 Å². The van der Waals surface area contributed by atoms with E-state index in [4.69, 9.17) is 4.74 Å². The minimum atomic E-state index is 0.753. The molecule has 0 saturated heterocycles. The largest absolute Gasteiger partial charge is 0.490 e. The van der Waals surface area contributed by atoms with Gasteiger partial charge in [0.2, 0.25) is 0 Å².